The van der Waals surface area contributed by atoms with Crippen LogP contribution in [-0.4, -0.2) is 82.6 Å². The largest absolute Gasteiger partial charge is 0.481 e. The van der Waals surface area contributed by atoms with Gasteiger partial charge < -0.3 is 46.6 Å². The lowest BCUT2D eigenvalue weighted by molar-refractivity contribution is -0.146. The number of alkyl carbamates (subject to hydrolysis) is 1. The van der Waals surface area contributed by atoms with Crippen LogP contribution in [0.2, 0.25) is 0 Å². The molecule has 0 radical (unpaired) electrons. The van der Waals surface area contributed by atoms with E-state index in [9.17, 15) is 33.9 Å². The van der Waals surface area contributed by atoms with E-state index in [1.54, 1.807) is 64.1 Å². The van der Waals surface area contributed by atoms with Gasteiger partial charge in [0.15, 0.2) is 5.96 Å². The Morgan fingerprint density at radius 2 is 1.77 bits per heavy atom. The van der Waals surface area contributed by atoms with Crippen molar-refractivity contribution in [2.75, 3.05) is 18.4 Å². The summed E-state index contributed by atoms with van der Waals surface area (Å²) in [7, 11) is 0. The van der Waals surface area contributed by atoms with E-state index in [1.165, 1.54) is 23.1 Å². The van der Waals surface area contributed by atoms with Gasteiger partial charge in [-0.25, -0.2) is 9.59 Å². The molecule has 16 heteroatoms. The van der Waals surface area contributed by atoms with Gasteiger partial charge in [-0.3, -0.25) is 24.2 Å². The number of hydrogen-bond acceptors (Lipinski definition) is 9. The topological polar surface area (TPSA) is 249 Å². The van der Waals surface area contributed by atoms with E-state index in [1.807, 2.05) is 0 Å². The van der Waals surface area contributed by atoms with Crippen molar-refractivity contribution in [2.45, 2.75) is 83.0 Å². The molecule has 2 aromatic carbocycles. The molecule has 0 bridgehead atoms. The second kappa shape index (κ2) is 16.9. The summed E-state index contributed by atoms with van der Waals surface area (Å²) in [6.07, 6.45) is 0.0491. The molecule has 1 saturated heterocycles. The number of guanidine groups is 1. The fraction of sp³-hybridized carbons (Fsp3) is 0.417. The van der Waals surface area contributed by atoms with Crippen molar-refractivity contribution in [1.82, 2.24) is 15.5 Å². The van der Waals surface area contributed by atoms with E-state index >= 15 is 0 Å². The second-order valence-electron chi connectivity index (χ2n) is 13.5. The second-order valence-corrected chi connectivity index (χ2v) is 13.5. The van der Waals surface area contributed by atoms with Crippen LogP contribution in [-0.2, 0) is 23.9 Å². The number of fused-ring (bicyclic) bond motifs is 1. The Morgan fingerprint density at radius 3 is 2.42 bits per heavy atom. The van der Waals surface area contributed by atoms with E-state index in [-0.39, 0.29) is 37.5 Å². The highest BCUT2D eigenvalue weighted by atomic mass is 16.6. The molecule has 2 heterocycles. The first-order chi connectivity index (χ1) is 24.5. The third-order valence-electron chi connectivity index (χ3n) is 8.33. The summed E-state index contributed by atoms with van der Waals surface area (Å²) in [5.41, 5.74) is 11.1. The highest BCUT2D eigenvalue weighted by Crippen LogP contribution is 2.27. The first-order valence-corrected chi connectivity index (χ1v) is 16.8. The van der Waals surface area contributed by atoms with Gasteiger partial charge in [-0.05, 0) is 82.7 Å². The maximum Gasteiger partial charge on any atom is 0.408 e. The van der Waals surface area contributed by atoms with E-state index in [2.05, 4.69) is 20.9 Å². The van der Waals surface area contributed by atoms with Crippen LogP contribution in [0.15, 0.2) is 68.8 Å². The minimum Gasteiger partial charge on any atom is -0.481 e. The summed E-state index contributed by atoms with van der Waals surface area (Å²) < 4.78 is 10.6. The molecule has 4 amide bonds. The van der Waals surface area contributed by atoms with Crippen LogP contribution in [0.3, 0.4) is 0 Å². The van der Waals surface area contributed by atoms with Gasteiger partial charge in [0.2, 0.25) is 17.7 Å². The van der Waals surface area contributed by atoms with Gasteiger partial charge in [0.05, 0.1) is 0 Å². The number of aryl methyl sites for hydroxylation is 1. The Labute approximate surface area is 299 Å². The Bertz CT molecular complexity index is 1880. The van der Waals surface area contributed by atoms with Crippen LogP contribution < -0.4 is 33.0 Å². The van der Waals surface area contributed by atoms with Gasteiger partial charge >= 0.3 is 17.7 Å². The van der Waals surface area contributed by atoms with Crippen molar-refractivity contribution in [1.29, 1.82) is 0 Å². The summed E-state index contributed by atoms with van der Waals surface area (Å²) in [6, 6.07) is 10.2. The molecule has 52 heavy (non-hydrogen) atoms. The van der Waals surface area contributed by atoms with Crippen molar-refractivity contribution < 1.29 is 38.2 Å². The molecule has 3 aromatic rings. The van der Waals surface area contributed by atoms with Crippen LogP contribution in [0.4, 0.5) is 10.5 Å². The van der Waals surface area contributed by atoms with E-state index in [4.69, 9.17) is 20.6 Å². The molecule has 4 atom stereocenters. The summed E-state index contributed by atoms with van der Waals surface area (Å²) in [5.74, 6) is -5.03. The number of hydrogen-bond donors (Lipinski definition) is 6. The number of carboxylic acids is 1. The Kier molecular flexibility index (Phi) is 12.6. The molecule has 1 aliphatic heterocycles. The molecular formula is C36H45N7O9. The Balaban J connectivity index is 1.59. The predicted molar refractivity (Wildman–Crippen MR) is 192 cm³/mol. The van der Waals surface area contributed by atoms with E-state index < -0.39 is 65.1 Å². The number of carboxylic acid groups (broad SMARTS) is 1. The number of likely N-dealkylation sites (tertiary alicyclic amines) is 1. The minimum atomic E-state index is -1.64. The van der Waals surface area contributed by atoms with E-state index in [0.29, 0.717) is 35.1 Å². The van der Waals surface area contributed by atoms with Crippen LogP contribution in [0, 0.1) is 6.92 Å². The lowest BCUT2D eigenvalue weighted by Crippen LogP contribution is -2.58. The van der Waals surface area contributed by atoms with Crippen LogP contribution in [0.25, 0.3) is 11.0 Å². The number of aliphatic imine (C=N–C) groups is 1. The lowest BCUT2D eigenvalue weighted by atomic mass is 9.90. The number of ether oxygens (including phenoxy) is 1. The number of benzene rings is 2. The first kappa shape index (κ1) is 38.9. The monoisotopic (exact) mass is 719 g/mol. The number of aliphatic carboxylic acids is 1. The maximum absolute atomic E-state index is 14.2. The van der Waals surface area contributed by atoms with Gasteiger partial charge in [0, 0.05) is 30.2 Å². The van der Waals surface area contributed by atoms with E-state index in [0.717, 1.165) is 0 Å². The molecule has 4 rings (SSSR count). The SMILES string of the molecule is Cc1cc(=O)oc2ccc(NC(=O)[C@H](CCCN=C(N)N)NC(=O)[C@@H]3CCCN3C(=O)[C@@H](NC(=O)OC(C)(C)C)C(C(=O)O)c3ccccc3)cc12. The van der Waals surface area contributed by atoms with Gasteiger partial charge in [-0.2, -0.15) is 0 Å². The molecule has 16 nitrogen and oxygen atoms in total. The Hall–Kier alpha value is -5.93. The van der Waals surface area contributed by atoms with Gasteiger partial charge in [-0.15, -0.1) is 0 Å². The van der Waals surface area contributed by atoms with Gasteiger partial charge in [-0.1, -0.05) is 30.3 Å². The van der Waals surface area contributed by atoms with Crippen molar-refractivity contribution in [2.24, 2.45) is 16.5 Å². The van der Waals surface area contributed by atoms with Crippen LogP contribution in [0.1, 0.15) is 63.5 Å². The quantitative estimate of drug-likeness (QED) is 0.0647. The number of nitrogens with two attached hydrogens (primary N) is 2. The minimum absolute atomic E-state index is 0.0957. The molecule has 0 saturated carbocycles. The summed E-state index contributed by atoms with van der Waals surface area (Å²) in [6.45, 7) is 6.88. The van der Waals surface area contributed by atoms with Gasteiger partial charge in [0.1, 0.15) is 35.2 Å². The number of anilines is 1. The average Bonchev–Trinajstić information content (AvgIpc) is 3.55. The molecule has 1 aromatic heterocycles. The predicted octanol–water partition coefficient (Wildman–Crippen LogP) is 2.33. The summed E-state index contributed by atoms with van der Waals surface area (Å²) in [5, 5.41) is 18.9. The molecular weight excluding hydrogens is 674 g/mol. The Morgan fingerprint density at radius 1 is 1.06 bits per heavy atom. The summed E-state index contributed by atoms with van der Waals surface area (Å²) >= 11 is 0. The maximum atomic E-state index is 14.2. The van der Waals surface area contributed by atoms with Crippen molar-refractivity contribution in [3.05, 3.63) is 76.1 Å². The molecule has 1 aliphatic rings. The highest BCUT2D eigenvalue weighted by molar-refractivity contribution is 6.01. The number of carbonyl (C=O) groups excluding carboxylic acids is 4. The number of nitrogens with one attached hydrogen (secondary N) is 3. The number of carbonyl (C=O) groups is 5. The van der Waals surface area contributed by atoms with Crippen LogP contribution in [0.5, 0.6) is 0 Å². The molecule has 1 fully saturated rings. The standard InChI is InChI=1S/C36H45N7O9/c1-20-18-27(44)51-26-15-14-22(19-23(20)26)40-30(45)24(12-8-16-39-34(37)38)41-31(46)25-13-9-17-43(25)32(47)29(42-35(50)52-36(2,3)4)28(33(48)49)21-10-6-5-7-11-21/h5-7,10-11,14-15,18-19,24-25,28-29H,8-9,12-13,16-17H2,1-4H3,(H,40,45)(H,41,46)(H,42,50)(H,48,49)(H4,37,38,39)/t24-,25-,28?,29-/m0/s1. The normalized spacial score (nSPS) is 15.9. The zero-order valence-corrected chi connectivity index (χ0v) is 29.5. The average molecular weight is 720 g/mol. The van der Waals surface area contributed by atoms with Crippen molar-refractivity contribution in [3.63, 3.8) is 0 Å². The number of amides is 4. The molecule has 8 N–H and O–H groups in total. The third-order valence-corrected chi connectivity index (χ3v) is 8.33. The third kappa shape index (κ3) is 10.3. The van der Waals surface area contributed by atoms with Gasteiger partial charge in [0.25, 0.3) is 0 Å². The fourth-order valence-corrected chi connectivity index (χ4v) is 6.01. The van der Waals surface area contributed by atoms with Crippen LogP contribution >= 0.6 is 0 Å². The van der Waals surface area contributed by atoms with Crippen molar-refractivity contribution >= 4 is 52.4 Å². The molecule has 0 spiro atoms. The lowest BCUT2D eigenvalue weighted by Gasteiger charge is -2.32. The number of nitrogens with zero attached hydrogens (tertiary/aromatic N) is 2. The van der Waals surface area contributed by atoms with Crippen molar-refractivity contribution in [3.8, 4) is 0 Å². The smallest absolute Gasteiger partial charge is 0.408 e. The fourth-order valence-electron chi connectivity index (χ4n) is 6.01. The number of rotatable bonds is 13. The summed E-state index contributed by atoms with van der Waals surface area (Å²) in [4.78, 5) is 84.4. The zero-order chi connectivity index (χ0) is 38.2. The molecule has 278 valence electrons. The first-order valence-electron chi connectivity index (χ1n) is 16.8. The highest BCUT2D eigenvalue weighted by Gasteiger charge is 2.44. The molecule has 1 unspecified atom stereocenters. The zero-order valence-electron chi connectivity index (χ0n) is 29.5. The molecule has 0 aliphatic carbocycles.